The van der Waals surface area contributed by atoms with Gasteiger partial charge in [0.1, 0.15) is 0 Å². The Labute approximate surface area is 143 Å². The van der Waals surface area contributed by atoms with Crippen molar-refractivity contribution in [3.05, 3.63) is 0 Å². The van der Waals surface area contributed by atoms with E-state index in [9.17, 15) is 4.79 Å². The Balaban J connectivity index is 0. The van der Waals surface area contributed by atoms with Crippen LogP contribution >= 0.6 is 0 Å². The van der Waals surface area contributed by atoms with Crippen LogP contribution in [0.1, 0.15) is 38.5 Å². The van der Waals surface area contributed by atoms with Crippen LogP contribution in [0.5, 0.6) is 0 Å². The molecule has 0 aliphatic carbocycles. The van der Waals surface area contributed by atoms with Crippen LogP contribution in [0.2, 0.25) is 0 Å². The number of nitrogens with two attached hydrogens (primary N) is 1. The number of piperidine rings is 2. The Bertz CT molecular complexity index is 235. The first-order valence-corrected chi connectivity index (χ1v) is 6.81. The third-order valence-electron chi connectivity index (χ3n) is 3.18. The molecular formula is C12H27N4NaO3. The molecule has 2 fully saturated rings. The largest absolute Gasteiger partial charge is 1.00 e. The van der Waals surface area contributed by atoms with E-state index in [2.05, 4.69) is 10.2 Å². The number of carbonyl (C=O) groups excluding carboxylic acids is 1. The zero-order valence-corrected chi connectivity index (χ0v) is 14.8. The average molecular weight is 298 g/mol. The van der Waals surface area contributed by atoms with Crippen LogP contribution in [0.15, 0.2) is 0 Å². The SMILES string of the molecule is COC(=O)NN1CCCCC1.NN1CCCCC1.[Na+].[OH-]. The minimum absolute atomic E-state index is 0. The summed E-state index contributed by atoms with van der Waals surface area (Å²) in [5, 5.41) is 3.79. The number of nitrogens with one attached hydrogen (secondary N) is 1. The number of hydrazine groups is 2. The number of rotatable bonds is 1. The molecule has 4 N–H and O–H groups in total. The Morgan fingerprint density at radius 3 is 1.80 bits per heavy atom. The monoisotopic (exact) mass is 298 g/mol. The third kappa shape index (κ3) is 10.8. The summed E-state index contributed by atoms with van der Waals surface area (Å²) in [7, 11) is 1.37. The maximum Gasteiger partial charge on any atom is 1.00 e. The van der Waals surface area contributed by atoms with Gasteiger partial charge in [0.05, 0.1) is 7.11 Å². The second kappa shape index (κ2) is 14.1. The minimum atomic E-state index is -0.369. The van der Waals surface area contributed by atoms with Crippen molar-refractivity contribution in [2.24, 2.45) is 5.84 Å². The predicted octanol–water partition coefficient (Wildman–Crippen LogP) is -2.08. The van der Waals surface area contributed by atoms with Crippen molar-refractivity contribution in [1.29, 1.82) is 0 Å². The Hall–Kier alpha value is 0.110. The Morgan fingerprint density at radius 2 is 1.45 bits per heavy atom. The molecule has 0 saturated carbocycles. The van der Waals surface area contributed by atoms with Gasteiger partial charge in [0.25, 0.3) is 0 Å². The van der Waals surface area contributed by atoms with Gasteiger partial charge in [0, 0.05) is 26.2 Å². The van der Waals surface area contributed by atoms with Crippen molar-refractivity contribution >= 4 is 6.09 Å². The quantitative estimate of drug-likeness (QED) is 0.425. The number of nitrogens with zero attached hydrogens (tertiary/aromatic N) is 2. The van der Waals surface area contributed by atoms with Gasteiger partial charge in [-0.15, -0.1) is 0 Å². The molecule has 20 heavy (non-hydrogen) atoms. The molecule has 2 aliphatic rings. The standard InChI is InChI=1S/C7H14N2O2.C5H12N2.Na.H2O/c1-11-7(10)8-9-5-3-2-4-6-9;6-7-4-2-1-3-5-7;;/h2-6H2,1H3,(H,8,10);1-6H2;;1H2/q;;+1;/p-1. The molecule has 0 radical (unpaired) electrons. The van der Waals surface area contributed by atoms with Gasteiger partial charge in [-0.05, 0) is 25.7 Å². The van der Waals surface area contributed by atoms with E-state index in [4.69, 9.17) is 5.84 Å². The van der Waals surface area contributed by atoms with Crippen molar-refractivity contribution < 1.29 is 44.6 Å². The van der Waals surface area contributed by atoms with Crippen LogP contribution in [0.4, 0.5) is 4.79 Å². The first kappa shape index (κ1) is 22.4. The summed E-state index contributed by atoms with van der Waals surface area (Å²) in [6.07, 6.45) is 7.15. The maximum absolute atomic E-state index is 10.7. The molecular weight excluding hydrogens is 271 g/mol. The molecule has 2 rings (SSSR count). The van der Waals surface area contributed by atoms with E-state index in [1.807, 2.05) is 10.0 Å². The van der Waals surface area contributed by atoms with Crippen LogP contribution in [0.3, 0.4) is 0 Å². The first-order chi connectivity index (χ1) is 8.72. The number of methoxy groups -OCH3 is 1. The molecule has 0 aromatic heterocycles. The zero-order chi connectivity index (χ0) is 13.2. The van der Waals surface area contributed by atoms with Crippen LogP contribution < -0.4 is 40.8 Å². The van der Waals surface area contributed by atoms with Crippen LogP contribution in [-0.4, -0.2) is 54.9 Å². The molecule has 0 unspecified atom stereocenters. The molecule has 0 atom stereocenters. The van der Waals surface area contributed by atoms with Gasteiger partial charge in [0.15, 0.2) is 0 Å². The van der Waals surface area contributed by atoms with Crippen LogP contribution in [-0.2, 0) is 4.74 Å². The summed E-state index contributed by atoms with van der Waals surface area (Å²) in [6, 6.07) is 0. The van der Waals surface area contributed by atoms with Crippen molar-refractivity contribution in [2.45, 2.75) is 38.5 Å². The molecule has 1 amide bonds. The molecule has 8 heteroatoms. The van der Waals surface area contributed by atoms with Gasteiger partial charge < -0.3 is 10.2 Å². The molecule has 7 nitrogen and oxygen atoms in total. The number of carbonyl (C=O) groups is 1. The Morgan fingerprint density at radius 1 is 1.00 bits per heavy atom. The second-order valence-electron chi connectivity index (χ2n) is 4.75. The van der Waals surface area contributed by atoms with Crippen molar-refractivity contribution in [3.8, 4) is 0 Å². The normalized spacial score (nSPS) is 19.5. The van der Waals surface area contributed by atoms with Gasteiger partial charge in [0.2, 0.25) is 0 Å². The van der Waals surface area contributed by atoms with E-state index in [1.54, 1.807) is 0 Å². The maximum atomic E-state index is 10.7. The molecule has 0 aromatic carbocycles. The number of amides is 1. The van der Waals surface area contributed by atoms with E-state index < -0.39 is 0 Å². The van der Waals surface area contributed by atoms with E-state index in [0.717, 1.165) is 39.0 Å². The smallest absolute Gasteiger partial charge is 0.870 e. The third-order valence-corrected chi connectivity index (χ3v) is 3.18. The first-order valence-electron chi connectivity index (χ1n) is 6.81. The topological polar surface area (TPSA) is 101 Å². The fourth-order valence-electron chi connectivity index (χ4n) is 2.10. The Kier molecular flexibility index (Phi) is 15.7. The van der Waals surface area contributed by atoms with Gasteiger partial charge in [-0.3, -0.25) is 11.3 Å². The molecule has 2 heterocycles. The molecule has 0 spiro atoms. The van der Waals surface area contributed by atoms with Gasteiger partial charge in [-0.2, -0.15) is 0 Å². The molecule has 2 saturated heterocycles. The van der Waals surface area contributed by atoms with Crippen molar-refractivity contribution in [1.82, 2.24) is 15.4 Å². The number of hydrogen-bond donors (Lipinski definition) is 2. The van der Waals surface area contributed by atoms with Crippen molar-refractivity contribution in [2.75, 3.05) is 33.3 Å². The van der Waals surface area contributed by atoms with Crippen LogP contribution in [0.25, 0.3) is 0 Å². The van der Waals surface area contributed by atoms with Gasteiger partial charge in [-0.25, -0.2) is 14.8 Å². The predicted molar refractivity (Wildman–Crippen MR) is 72.5 cm³/mol. The molecule has 0 bridgehead atoms. The van der Waals surface area contributed by atoms with Gasteiger partial charge in [-0.1, -0.05) is 12.8 Å². The summed E-state index contributed by atoms with van der Waals surface area (Å²) < 4.78 is 4.46. The summed E-state index contributed by atoms with van der Waals surface area (Å²) in [4.78, 5) is 10.7. The fraction of sp³-hybridized carbons (Fsp3) is 0.917. The van der Waals surface area contributed by atoms with Crippen LogP contribution in [0, 0.1) is 0 Å². The minimum Gasteiger partial charge on any atom is -0.870 e. The zero-order valence-electron chi connectivity index (χ0n) is 12.8. The van der Waals surface area contributed by atoms with Crippen molar-refractivity contribution in [3.63, 3.8) is 0 Å². The molecule has 114 valence electrons. The molecule has 0 aromatic rings. The second-order valence-corrected chi connectivity index (χ2v) is 4.75. The van der Waals surface area contributed by atoms with Gasteiger partial charge >= 0.3 is 35.7 Å². The number of hydrogen-bond acceptors (Lipinski definition) is 6. The van der Waals surface area contributed by atoms with E-state index in [1.165, 1.54) is 32.8 Å². The summed E-state index contributed by atoms with van der Waals surface area (Å²) in [5.74, 6) is 5.47. The molecule has 2 aliphatic heterocycles. The number of ether oxygens (including phenoxy) is 1. The average Bonchev–Trinajstić information content (AvgIpc) is 2.41. The summed E-state index contributed by atoms with van der Waals surface area (Å²) in [5.41, 5.74) is 2.64. The fourth-order valence-corrected chi connectivity index (χ4v) is 2.10. The summed E-state index contributed by atoms with van der Waals surface area (Å²) >= 11 is 0. The van der Waals surface area contributed by atoms with E-state index in [-0.39, 0.29) is 41.1 Å². The van der Waals surface area contributed by atoms with E-state index in [0.29, 0.717) is 0 Å². The van der Waals surface area contributed by atoms with E-state index >= 15 is 0 Å². The summed E-state index contributed by atoms with van der Waals surface area (Å²) in [6.45, 7) is 4.07.